The van der Waals surface area contributed by atoms with E-state index < -0.39 is 0 Å². The van der Waals surface area contributed by atoms with E-state index in [-0.39, 0.29) is 29.5 Å². The van der Waals surface area contributed by atoms with Crippen molar-refractivity contribution in [2.24, 2.45) is 24.8 Å². The third-order valence-corrected chi connectivity index (χ3v) is 8.82. The van der Waals surface area contributed by atoms with E-state index in [0.29, 0.717) is 28.8 Å². The Morgan fingerprint density at radius 2 is 1.68 bits per heavy atom. The summed E-state index contributed by atoms with van der Waals surface area (Å²) >= 11 is 0. The van der Waals surface area contributed by atoms with Gasteiger partial charge >= 0.3 is 5.69 Å². The maximum atomic E-state index is 13.4. The Kier molecular flexibility index (Phi) is 7.47. The topological polar surface area (TPSA) is 87.5 Å². The van der Waals surface area contributed by atoms with Gasteiger partial charge in [0.25, 0.3) is 5.91 Å². The number of fused-ring (bicyclic) bond motifs is 1. The molecule has 3 atom stereocenters. The minimum Gasteiger partial charge on any atom is -0.349 e. The zero-order valence-electron chi connectivity index (χ0n) is 22.3. The molecule has 0 radical (unpaired) electrons. The van der Waals surface area contributed by atoms with Gasteiger partial charge in [-0.05, 0) is 50.5 Å². The molecule has 8 heteroatoms. The van der Waals surface area contributed by atoms with Crippen molar-refractivity contribution in [3.63, 3.8) is 0 Å². The molecule has 5 rings (SSSR count). The number of carbonyl (C=O) groups is 2. The number of nitrogens with one attached hydrogen (secondary N) is 1. The van der Waals surface area contributed by atoms with Crippen LogP contribution in [0.2, 0.25) is 0 Å². The minimum absolute atomic E-state index is 0.0159. The molecule has 2 aromatic rings. The van der Waals surface area contributed by atoms with Gasteiger partial charge in [0.1, 0.15) is 0 Å². The lowest BCUT2D eigenvalue weighted by molar-refractivity contribution is -0.125. The molecule has 1 aliphatic carbocycles. The second-order valence-electron chi connectivity index (χ2n) is 11.2. The van der Waals surface area contributed by atoms with Crippen LogP contribution in [0.5, 0.6) is 0 Å². The van der Waals surface area contributed by atoms with Gasteiger partial charge in [0.2, 0.25) is 5.91 Å². The average Bonchev–Trinajstić information content (AvgIpc) is 3.63. The summed E-state index contributed by atoms with van der Waals surface area (Å²) in [5.41, 5.74) is 2.58. The smallest absolute Gasteiger partial charge is 0.347 e. The van der Waals surface area contributed by atoms with Gasteiger partial charge in [0.05, 0.1) is 17.3 Å². The van der Waals surface area contributed by atoms with Crippen molar-refractivity contribution < 1.29 is 9.59 Å². The van der Waals surface area contributed by atoms with E-state index in [1.807, 2.05) is 30.0 Å². The van der Waals surface area contributed by atoms with Crippen molar-refractivity contribution >= 4 is 11.8 Å². The largest absolute Gasteiger partial charge is 0.349 e. The van der Waals surface area contributed by atoms with E-state index in [4.69, 9.17) is 0 Å². The molecule has 8 nitrogen and oxygen atoms in total. The third kappa shape index (κ3) is 5.35. The Balaban J connectivity index is 1.18. The molecule has 2 amide bonds. The normalized spacial score (nSPS) is 22.8. The summed E-state index contributed by atoms with van der Waals surface area (Å²) in [6.45, 7) is 7.90. The van der Waals surface area contributed by atoms with Crippen LogP contribution in [0, 0.1) is 31.6 Å². The van der Waals surface area contributed by atoms with Gasteiger partial charge < -0.3 is 15.1 Å². The SMILES string of the molecule is Cc1nc(=O)n(C)c(C)c1C(=O)N1CC2CN(CCC(NC(=O)C3CCCC3)c3ccccc3)C[C@H]2C1. The van der Waals surface area contributed by atoms with E-state index in [9.17, 15) is 14.4 Å². The molecule has 198 valence electrons. The van der Waals surface area contributed by atoms with Gasteiger partial charge in [-0.2, -0.15) is 4.98 Å². The zero-order chi connectivity index (χ0) is 26.1. The first-order valence-corrected chi connectivity index (χ1v) is 13.7. The van der Waals surface area contributed by atoms with Crippen LogP contribution in [0.25, 0.3) is 0 Å². The van der Waals surface area contributed by atoms with Crippen molar-refractivity contribution in [3.05, 3.63) is 63.3 Å². The number of likely N-dealkylation sites (tertiary alicyclic amines) is 2. The number of carbonyl (C=O) groups excluding carboxylic acids is 2. The quantitative estimate of drug-likeness (QED) is 0.625. The molecule has 2 saturated heterocycles. The number of rotatable bonds is 7. The number of benzene rings is 1. The van der Waals surface area contributed by atoms with E-state index >= 15 is 0 Å². The third-order valence-electron chi connectivity index (χ3n) is 8.82. The Hall–Kier alpha value is -3.00. The van der Waals surface area contributed by atoms with Crippen molar-refractivity contribution in [1.29, 1.82) is 0 Å². The number of amides is 2. The molecule has 1 N–H and O–H groups in total. The maximum Gasteiger partial charge on any atom is 0.347 e. The molecule has 1 aromatic carbocycles. The highest BCUT2D eigenvalue weighted by Gasteiger charge is 2.42. The summed E-state index contributed by atoms with van der Waals surface area (Å²) in [5, 5.41) is 3.36. The van der Waals surface area contributed by atoms with E-state index in [1.54, 1.807) is 14.0 Å². The number of aryl methyl sites for hydroxylation is 1. The molecule has 3 fully saturated rings. The summed E-state index contributed by atoms with van der Waals surface area (Å²) in [7, 11) is 1.66. The van der Waals surface area contributed by atoms with E-state index in [1.165, 1.54) is 10.1 Å². The Labute approximate surface area is 219 Å². The first kappa shape index (κ1) is 25.6. The van der Waals surface area contributed by atoms with Crippen molar-refractivity contribution in [1.82, 2.24) is 24.7 Å². The summed E-state index contributed by atoms with van der Waals surface area (Å²) < 4.78 is 1.45. The molecule has 0 spiro atoms. The molecule has 3 aliphatic rings. The lowest BCUT2D eigenvalue weighted by Gasteiger charge is -2.26. The van der Waals surface area contributed by atoms with Crippen molar-refractivity contribution in [3.8, 4) is 0 Å². The second kappa shape index (κ2) is 10.8. The average molecular weight is 506 g/mol. The fourth-order valence-corrected chi connectivity index (χ4v) is 6.55. The zero-order valence-corrected chi connectivity index (χ0v) is 22.3. The van der Waals surface area contributed by atoms with Crippen LogP contribution >= 0.6 is 0 Å². The standard InChI is InChI=1S/C29H39N5O3/c1-19-26(20(2)32(3)29(37)30-19)28(36)34-17-23-15-33(16-24(23)18-34)14-13-25(21-9-5-4-6-10-21)31-27(35)22-11-7-8-12-22/h4-6,9-10,22-25H,7-8,11-18H2,1-3H3,(H,31,35)/t23-,24?,25?/m0/s1. The summed E-state index contributed by atoms with van der Waals surface area (Å²) in [4.78, 5) is 46.7. The Morgan fingerprint density at radius 3 is 2.32 bits per heavy atom. The molecular weight excluding hydrogens is 466 g/mol. The maximum absolute atomic E-state index is 13.4. The minimum atomic E-state index is -0.325. The lowest BCUT2D eigenvalue weighted by Crippen LogP contribution is -2.37. The van der Waals surface area contributed by atoms with Gasteiger partial charge in [-0.3, -0.25) is 14.2 Å². The summed E-state index contributed by atoms with van der Waals surface area (Å²) in [6.07, 6.45) is 5.20. The Morgan fingerprint density at radius 1 is 1.03 bits per heavy atom. The molecule has 37 heavy (non-hydrogen) atoms. The first-order chi connectivity index (χ1) is 17.8. The molecule has 0 bridgehead atoms. The van der Waals surface area contributed by atoms with Crippen LogP contribution in [-0.4, -0.2) is 63.9 Å². The molecule has 2 aliphatic heterocycles. The van der Waals surface area contributed by atoms with Crippen LogP contribution in [0.4, 0.5) is 0 Å². The summed E-state index contributed by atoms with van der Waals surface area (Å²) in [6, 6.07) is 10.3. The van der Waals surface area contributed by atoms with E-state index in [0.717, 1.165) is 64.8 Å². The fraction of sp³-hybridized carbons (Fsp3) is 0.586. The van der Waals surface area contributed by atoms with Gasteiger partial charge in [-0.1, -0.05) is 43.2 Å². The van der Waals surface area contributed by atoms with Crippen LogP contribution in [0.1, 0.15) is 65.5 Å². The van der Waals surface area contributed by atoms with Gasteiger partial charge in [0, 0.05) is 51.4 Å². The van der Waals surface area contributed by atoms with E-state index in [2.05, 4.69) is 27.3 Å². The number of aromatic nitrogens is 2. The predicted octanol–water partition coefficient (Wildman–Crippen LogP) is 2.84. The first-order valence-electron chi connectivity index (χ1n) is 13.7. The molecule has 1 aromatic heterocycles. The monoisotopic (exact) mass is 505 g/mol. The van der Waals surface area contributed by atoms with Gasteiger partial charge in [0.15, 0.2) is 0 Å². The molecule has 2 unspecified atom stereocenters. The molecule has 1 saturated carbocycles. The highest BCUT2D eigenvalue weighted by Crippen LogP contribution is 2.33. The predicted molar refractivity (Wildman–Crippen MR) is 142 cm³/mol. The van der Waals surface area contributed by atoms with Crippen LogP contribution in [0.3, 0.4) is 0 Å². The highest BCUT2D eigenvalue weighted by molar-refractivity contribution is 5.96. The number of hydrogen-bond acceptors (Lipinski definition) is 5. The lowest BCUT2D eigenvalue weighted by atomic mass is 10.0. The number of hydrogen-bond donors (Lipinski definition) is 1. The Bertz CT molecular complexity index is 1190. The van der Waals surface area contributed by atoms with Crippen LogP contribution in [-0.2, 0) is 11.8 Å². The number of nitrogens with zero attached hydrogens (tertiary/aromatic N) is 4. The van der Waals surface area contributed by atoms with Crippen molar-refractivity contribution in [2.75, 3.05) is 32.7 Å². The van der Waals surface area contributed by atoms with Crippen LogP contribution < -0.4 is 11.0 Å². The van der Waals surface area contributed by atoms with Crippen LogP contribution in [0.15, 0.2) is 35.1 Å². The second-order valence-corrected chi connectivity index (χ2v) is 11.2. The molecule has 3 heterocycles. The van der Waals surface area contributed by atoms with Crippen molar-refractivity contribution in [2.45, 2.75) is 52.0 Å². The van der Waals surface area contributed by atoms with Gasteiger partial charge in [-0.25, -0.2) is 4.79 Å². The fourth-order valence-electron chi connectivity index (χ4n) is 6.55. The van der Waals surface area contributed by atoms with Gasteiger partial charge in [-0.15, -0.1) is 0 Å². The highest BCUT2D eigenvalue weighted by atomic mass is 16.2. The molecular formula is C29H39N5O3. The summed E-state index contributed by atoms with van der Waals surface area (Å²) in [5.74, 6) is 1.26.